The zero-order chi connectivity index (χ0) is 16.2. The third-order valence-electron chi connectivity index (χ3n) is 3.10. The van der Waals surface area contributed by atoms with E-state index in [9.17, 15) is 9.59 Å². The Hall–Kier alpha value is -2.07. The van der Waals surface area contributed by atoms with E-state index in [1.165, 1.54) is 23.1 Å². The van der Waals surface area contributed by atoms with Crippen LogP contribution in [-0.4, -0.2) is 22.8 Å². The van der Waals surface area contributed by atoms with Gasteiger partial charge in [0.2, 0.25) is 0 Å². The lowest BCUT2D eigenvalue weighted by atomic mass is 10.1. The van der Waals surface area contributed by atoms with E-state index in [4.69, 9.17) is 11.6 Å². The highest BCUT2D eigenvalue weighted by atomic mass is 35.5. The lowest BCUT2D eigenvalue weighted by Gasteiger charge is -2.15. The Bertz CT molecular complexity index is 874. The van der Waals surface area contributed by atoms with Crippen molar-refractivity contribution in [3.8, 4) is 0 Å². The summed E-state index contributed by atoms with van der Waals surface area (Å²) in [4.78, 5) is 27.5. The van der Waals surface area contributed by atoms with Crippen molar-refractivity contribution in [1.29, 1.82) is 0 Å². The van der Waals surface area contributed by atoms with Gasteiger partial charge in [0, 0.05) is 10.8 Å². The van der Waals surface area contributed by atoms with Crippen molar-refractivity contribution in [2.75, 3.05) is 5.75 Å². The van der Waals surface area contributed by atoms with Crippen molar-refractivity contribution in [2.24, 2.45) is 4.99 Å². The van der Waals surface area contributed by atoms with E-state index < -0.39 is 0 Å². The van der Waals surface area contributed by atoms with Gasteiger partial charge in [-0.25, -0.2) is 14.6 Å². The van der Waals surface area contributed by atoms with Crippen LogP contribution in [0.15, 0.2) is 40.7 Å². The van der Waals surface area contributed by atoms with Crippen molar-refractivity contribution in [2.45, 2.75) is 0 Å². The van der Waals surface area contributed by atoms with E-state index in [0.717, 1.165) is 16.1 Å². The van der Waals surface area contributed by atoms with Crippen LogP contribution in [0.4, 0.5) is 5.69 Å². The SMILES string of the molecule is O=C=C(CSC1=Nc2ccsc2C(=C=O)N1)c1ccc(Cl)cc1. The van der Waals surface area contributed by atoms with Crippen LogP contribution in [0.5, 0.6) is 0 Å². The summed E-state index contributed by atoms with van der Waals surface area (Å²) < 4.78 is 0. The van der Waals surface area contributed by atoms with Gasteiger partial charge < -0.3 is 5.32 Å². The number of fused-ring (bicyclic) bond motifs is 1. The fourth-order valence-corrected chi connectivity index (χ4v) is 3.73. The highest BCUT2D eigenvalue weighted by Gasteiger charge is 2.19. The number of thioether (sulfide) groups is 1. The van der Waals surface area contributed by atoms with E-state index in [-0.39, 0.29) is 0 Å². The summed E-state index contributed by atoms with van der Waals surface area (Å²) >= 11 is 8.60. The molecule has 23 heavy (non-hydrogen) atoms. The van der Waals surface area contributed by atoms with Gasteiger partial charge in [-0.1, -0.05) is 35.5 Å². The molecule has 0 fully saturated rings. The molecule has 2 aromatic rings. The number of nitrogens with one attached hydrogen (secondary N) is 1. The number of hydrogen-bond donors (Lipinski definition) is 1. The molecule has 1 N–H and O–H groups in total. The zero-order valence-electron chi connectivity index (χ0n) is 11.6. The summed E-state index contributed by atoms with van der Waals surface area (Å²) in [7, 11) is 0. The molecule has 1 aromatic heterocycles. The van der Waals surface area contributed by atoms with Gasteiger partial charge in [0.05, 0.1) is 16.1 Å². The molecule has 0 radical (unpaired) electrons. The predicted octanol–water partition coefficient (Wildman–Crippen LogP) is 3.81. The van der Waals surface area contributed by atoms with Crippen LogP contribution in [0, 0.1) is 0 Å². The third kappa shape index (κ3) is 3.48. The molecule has 1 aliphatic rings. The highest BCUT2D eigenvalue weighted by molar-refractivity contribution is 8.14. The van der Waals surface area contributed by atoms with Crippen LogP contribution < -0.4 is 5.32 Å². The summed E-state index contributed by atoms with van der Waals surface area (Å²) in [6, 6.07) is 8.83. The predicted molar refractivity (Wildman–Crippen MR) is 96.7 cm³/mol. The molecule has 0 atom stereocenters. The molecule has 114 valence electrons. The van der Waals surface area contributed by atoms with Crippen molar-refractivity contribution in [1.82, 2.24) is 5.32 Å². The molecule has 2 heterocycles. The Morgan fingerprint density at radius 3 is 2.74 bits per heavy atom. The topological polar surface area (TPSA) is 58.5 Å². The van der Waals surface area contributed by atoms with Gasteiger partial charge >= 0.3 is 0 Å². The van der Waals surface area contributed by atoms with Gasteiger partial charge in [-0.3, -0.25) is 0 Å². The molecular weight excluding hydrogens is 352 g/mol. The van der Waals surface area contributed by atoms with Gasteiger partial charge in [0.1, 0.15) is 11.6 Å². The normalized spacial score (nSPS) is 12.6. The molecule has 0 saturated heterocycles. The average molecular weight is 361 g/mol. The second kappa shape index (κ2) is 7.01. The Morgan fingerprint density at radius 1 is 1.26 bits per heavy atom. The first-order valence-electron chi connectivity index (χ1n) is 6.52. The number of halogens is 1. The number of thiophene rings is 1. The average Bonchev–Trinajstić information content (AvgIpc) is 3.04. The minimum absolute atomic E-state index is 0.371. The molecule has 7 heteroatoms. The third-order valence-corrected chi connectivity index (χ3v) is 5.17. The molecule has 0 amide bonds. The van der Waals surface area contributed by atoms with Crippen molar-refractivity contribution >= 4 is 68.7 Å². The molecular formula is C16H9ClN2O2S2. The van der Waals surface area contributed by atoms with Gasteiger partial charge in [-0.15, -0.1) is 11.3 Å². The molecule has 0 spiro atoms. The summed E-state index contributed by atoms with van der Waals surface area (Å²) in [6.45, 7) is 0. The lowest BCUT2D eigenvalue weighted by Crippen LogP contribution is -2.22. The molecule has 0 unspecified atom stereocenters. The molecule has 0 bridgehead atoms. The quantitative estimate of drug-likeness (QED) is 0.845. The van der Waals surface area contributed by atoms with Gasteiger partial charge in [0.25, 0.3) is 0 Å². The van der Waals surface area contributed by atoms with Gasteiger partial charge in [0.15, 0.2) is 11.1 Å². The number of carbonyl (C=O) groups excluding carboxylic acids is 2. The second-order valence-corrected chi connectivity index (χ2v) is 6.85. The fourth-order valence-electron chi connectivity index (χ4n) is 1.98. The first-order chi connectivity index (χ1) is 11.2. The number of hydrogen-bond acceptors (Lipinski definition) is 6. The Balaban J connectivity index is 1.77. The van der Waals surface area contributed by atoms with E-state index in [2.05, 4.69) is 10.3 Å². The summed E-state index contributed by atoms with van der Waals surface area (Å²) in [5.41, 5.74) is 2.37. The summed E-state index contributed by atoms with van der Waals surface area (Å²) in [5.74, 6) is 4.22. The summed E-state index contributed by atoms with van der Waals surface area (Å²) in [6.07, 6.45) is 0. The standard InChI is InChI=1S/C16H9ClN2O2S2/c17-12-3-1-10(2-4-12)11(7-20)9-23-16-18-13-5-6-22-15(13)14(8-21)19-16/h1-6H,9H2,(H,18,19). The second-order valence-electron chi connectivity index (χ2n) is 4.53. The molecule has 3 rings (SSSR count). The van der Waals surface area contributed by atoms with Crippen molar-refractivity contribution in [3.05, 3.63) is 51.2 Å². The molecule has 0 saturated carbocycles. The monoisotopic (exact) mass is 360 g/mol. The Labute approximate surface area is 145 Å². The maximum Gasteiger partial charge on any atom is 0.167 e. The minimum atomic E-state index is 0.371. The van der Waals surface area contributed by atoms with E-state index in [1.807, 2.05) is 23.3 Å². The van der Waals surface area contributed by atoms with Crippen molar-refractivity contribution < 1.29 is 9.59 Å². The van der Waals surface area contributed by atoms with Gasteiger partial charge in [-0.05, 0) is 29.1 Å². The maximum atomic E-state index is 11.2. The smallest absolute Gasteiger partial charge is 0.167 e. The minimum Gasteiger partial charge on any atom is -0.324 e. The number of amidine groups is 1. The Kier molecular flexibility index (Phi) is 4.82. The van der Waals surface area contributed by atoms with E-state index in [1.54, 1.807) is 24.3 Å². The van der Waals surface area contributed by atoms with Crippen LogP contribution in [-0.2, 0) is 9.59 Å². The van der Waals surface area contributed by atoms with Crippen LogP contribution in [0.2, 0.25) is 5.02 Å². The Morgan fingerprint density at radius 2 is 2.04 bits per heavy atom. The lowest BCUT2D eigenvalue weighted by molar-refractivity contribution is 0.568. The molecule has 1 aliphatic heterocycles. The zero-order valence-corrected chi connectivity index (χ0v) is 14.0. The first-order valence-corrected chi connectivity index (χ1v) is 8.77. The van der Waals surface area contributed by atoms with E-state index >= 15 is 0 Å². The highest BCUT2D eigenvalue weighted by Crippen LogP contribution is 2.34. The first kappa shape index (κ1) is 15.8. The molecule has 4 nitrogen and oxygen atoms in total. The largest absolute Gasteiger partial charge is 0.324 e. The number of rotatable bonds is 3. The number of benzene rings is 1. The molecule has 1 aromatic carbocycles. The fraction of sp³-hybridized carbons (Fsp3) is 0.0625. The van der Waals surface area contributed by atoms with Crippen LogP contribution in [0.25, 0.3) is 11.3 Å². The molecule has 0 aliphatic carbocycles. The van der Waals surface area contributed by atoms with Crippen LogP contribution in [0.3, 0.4) is 0 Å². The van der Waals surface area contributed by atoms with Crippen LogP contribution in [0.1, 0.15) is 10.4 Å². The number of nitrogens with zero attached hydrogens (tertiary/aromatic N) is 1. The van der Waals surface area contributed by atoms with Crippen LogP contribution >= 0.6 is 34.7 Å². The van der Waals surface area contributed by atoms with Crippen molar-refractivity contribution in [3.63, 3.8) is 0 Å². The number of aliphatic imine (C=N–C) groups is 1. The maximum absolute atomic E-state index is 11.2. The van der Waals surface area contributed by atoms with Gasteiger partial charge in [-0.2, -0.15) is 0 Å². The van der Waals surface area contributed by atoms with E-state index in [0.29, 0.717) is 27.2 Å². The summed E-state index contributed by atoms with van der Waals surface area (Å²) in [5, 5.41) is 5.96.